The van der Waals surface area contributed by atoms with Gasteiger partial charge in [-0.25, -0.2) is 0 Å². The Morgan fingerprint density at radius 1 is 1.31 bits per heavy atom. The zero-order chi connectivity index (χ0) is 11.4. The summed E-state index contributed by atoms with van der Waals surface area (Å²) in [5.41, 5.74) is 5.55. The van der Waals surface area contributed by atoms with Crippen LogP contribution in [0.2, 0.25) is 0 Å². The van der Waals surface area contributed by atoms with E-state index in [1.807, 2.05) is 4.90 Å². The van der Waals surface area contributed by atoms with Crippen molar-refractivity contribution in [3.8, 4) is 0 Å². The largest absolute Gasteiger partial charge is 0.368 e. The minimum absolute atomic E-state index is 0.147. The van der Waals surface area contributed by atoms with E-state index in [9.17, 15) is 4.79 Å². The molecule has 0 aliphatic carbocycles. The third-order valence-corrected chi connectivity index (χ3v) is 3.71. The lowest BCUT2D eigenvalue weighted by molar-refractivity contribution is -0.142. The fraction of sp³-hybridized carbons (Fsp3) is 0.917. The van der Waals surface area contributed by atoms with Gasteiger partial charge in [0.15, 0.2) is 0 Å². The van der Waals surface area contributed by atoms with Crippen LogP contribution < -0.4 is 5.73 Å². The summed E-state index contributed by atoms with van der Waals surface area (Å²) in [6.45, 7) is 3.30. The number of piperidine rings is 1. The van der Waals surface area contributed by atoms with E-state index in [1.165, 1.54) is 0 Å². The summed E-state index contributed by atoms with van der Waals surface area (Å²) in [5, 5.41) is 0. The van der Waals surface area contributed by atoms with E-state index in [0.717, 1.165) is 64.3 Å². The second kappa shape index (κ2) is 5.64. The number of hydrogen-bond acceptors (Lipinski definition) is 3. The minimum atomic E-state index is -0.147. The van der Waals surface area contributed by atoms with Crippen LogP contribution in [0.25, 0.3) is 0 Å². The van der Waals surface area contributed by atoms with E-state index < -0.39 is 0 Å². The van der Waals surface area contributed by atoms with E-state index in [1.54, 1.807) is 0 Å². The molecule has 4 nitrogen and oxygen atoms in total. The molecule has 2 rings (SSSR count). The molecule has 92 valence electrons. The van der Waals surface area contributed by atoms with Gasteiger partial charge in [0.25, 0.3) is 5.91 Å². The molecule has 16 heavy (non-hydrogen) atoms. The molecule has 0 saturated carbocycles. The second-order valence-electron chi connectivity index (χ2n) is 4.85. The van der Waals surface area contributed by atoms with Gasteiger partial charge in [0, 0.05) is 19.7 Å². The number of carbonyl (C=O) groups excluding carboxylic acids is 1. The van der Waals surface area contributed by atoms with E-state index in [-0.39, 0.29) is 12.0 Å². The number of hydrogen-bond donors (Lipinski definition) is 1. The van der Waals surface area contributed by atoms with Gasteiger partial charge in [-0.15, -0.1) is 0 Å². The van der Waals surface area contributed by atoms with Crippen LogP contribution in [0, 0.1) is 5.92 Å². The molecular formula is C12H22N2O2. The Morgan fingerprint density at radius 2 is 2.06 bits per heavy atom. The molecule has 0 aromatic rings. The normalized spacial score (nSPS) is 27.3. The zero-order valence-electron chi connectivity index (χ0n) is 9.86. The molecule has 2 fully saturated rings. The third-order valence-electron chi connectivity index (χ3n) is 3.71. The number of rotatable bonds is 3. The van der Waals surface area contributed by atoms with Crippen LogP contribution in [0.5, 0.6) is 0 Å². The first-order chi connectivity index (χ1) is 7.81. The van der Waals surface area contributed by atoms with Crippen LogP contribution in [0.4, 0.5) is 0 Å². The van der Waals surface area contributed by atoms with Crippen LogP contribution in [0.15, 0.2) is 0 Å². The molecule has 1 atom stereocenters. The highest BCUT2D eigenvalue weighted by Gasteiger charge is 2.30. The second-order valence-corrected chi connectivity index (χ2v) is 4.85. The topological polar surface area (TPSA) is 55.6 Å². The molecule has 2 saturated heterocycles. The van der Waals surface area contributed by atoms with Gasteiger partial charge in [-0.3, -0.25) is 4.79 Å². The Morgan fingerprint density at radius 3 is 2.62 bits per heavy atom. The van der Waals surface area contributed by atoms with Crippen LogP contribution in [-0.4, -0.2) is 43.2 Å². The molecular weight excluding hydrogens is 204 g/mol. The first kappa shape index (κ1) is 11.9. The summed E-state index contributed by atoms with van der Waals surface area (Å²) in [7, 11) is 0. The highest BCUT2D eigenvalue weighted by atomic mass is 16.5. The lowest BCUT2D eigenvalue weighted by Crippen LogP contribution is -2.43. The van der Waals surface area contributed by atoms with Gasteiger partial charge in [-0.05, 0) is 44.6 Å². The summed E-state index contributed by atoms with van der Waals surface area (Å²) in [4.78, 5) is 14.0. The van der Waals surface area contributed by atoms with E-state index in [0.29, 0.717) is 0 Å². The summed E-state index contributed by atoms with van der Waals surface area (Å²) >= 11 is 0. The number of ether oxygens (including phenoxy) is 1. The molecule has 0 bridgehead atoms. The Labute approximate surface area is 97.1 Å². The first-order valence-electron chi connectivity index (χ1n) is 6.41. The molecule has 0 radical (unpaired) electrons. The molecule has 0 aromatic heterocycles. The third kappa shape index (κ3) is 2.74. The van der Waals surface area contributed by atoms with Crippen molar-refractivity contribution >= 4 is 5.91 Å². The van der Waals surface area contributed by atoms with Crippen molar-refractivity contribution in [1.29, 1.82) is 0 Å². The SMILES string of the molecule is NCCC1CCN(C(=O)[C@H]2CCCO2)CC1. The molecule has 2 aliphatic heterocycles. The maximum Gasteiger partial charge on any atom is 0.251 e. The highest BCUT2D eigenvalue weighted by molar-refractivity contribution is 5.81. The van der Waals surface area contributed by atoms with Crippen molar-refractivity contribution < 1.29 is 9.53 Å². The van der Waals surface area contributed by atoms with Crippen molar-refractivity contribution in [2.24, 2.45) is 11.7 Å². The first-order valence-corrected chi connectivity index (χ1v) is 6.41. The van der Waals surface area contributed by atoms with E-state index >= 15 is 0 Å². The predicted octanol–water partition coefficient (Wildman–Crippen LogP) is 0.753. The number of amides is 1. The van der Waals surface area contributed by atoms with Gasteiger partial charge in [-0.1, -0.05) is 0 Å². The average molecular weight is 226 g/mol. The van der Waals surface area contributed by atoms with E-state index in [4.69, 9.17) is 10.5 Å². The number of carbonyl (C=O) groups is 1. The molecule has 0 unspecified atom stereocenters. The van der Waals surface area contributed by atoms with Crippen LogP contribution in [0.3, 0.4) is 0 Å². The van der Waals surface area contributed by atoms with Crippen molar-refractivity contribution in [2.75, 3.05) is 26.2 Å². The van der Waals surface area contributed by atoms with Crippen molar-refractivity contribution in [2.45, 2.75) is 38.2 Å². The average Bonchev–Trinajstić information content (AvgIpc) is 2.83. The molecule has 4 heteroatoms. The summed E-state index contributed by atoms with van der Waals surface area (Å²) in [5.74, 6) is 0.933. The zero-order valence-corrected chi connectivity index (χ0v) is 9.86. The van der Waals surface area contributed by atoms with Gasteiger partial charge in [0.05, 0.1) is 0 Å². The van der Waals surface area contributed by atoms with Gasteiger partial charge in [0.1, 0.15) is 6.10 Å². The van der Waals surface area contributed by atoms with Gasteiger partial charge in [0.2, 0.25) is 0 Å². The Balaban J connectivity index is 1.77. The summed E-state index contributed by atoms with van der Waals surface area (Å²) in [6, 6.07) is 0. The Bertz CT molecular complexity index is 231. The van der Waals surface area contributed by atoms with Crippen LogP contribution in [-0.2, 0) is 9.53 Å². The Hall–Kier alpha value is -0.610. The lowest BCUT2D eigenvalue weighted by Gasteiger charge is -2.33. The maximum atomic E-state index is 12.0. The van der Waals surface area contributed by atoms with Crippen molar-refractivity contribution in [3.05, 3.63) is 0 Å². The molecule has 2 heterocycles. The fourth-order valence-corrected chi connectivity index (χ4v) is 2.65. The Kier molecular flexibility index (Phi) is 4.18. The van der Waals surface area contributed by atoms with Crippen LogP contribution in [0.1, 0.15) is 32.1 Å². The molecule has 2 N–H and O–H groups in total. The highest BCUT2D eigenvalue weighted by Crippen LogP contribution is 2.22. The van der Waals surface area contributed by atoms with Gasteiger partial charge < -0.3 is 15.4 Å². The summed E-state index contributed by atoms with van der Waals surface area (Å²) in [6.07, 6.45) is 5.10. The molecule has 0 spiro atoms. The van der Waals surface area contributed by atoms with Crippen molar-refractivity contribution in [3.63, 3.8) is 0 Å². The van der Waals surface area contributed by atoms with Crippen molar-refractivity contribution in [1.82, 2.24) is 4.90 Å². The van der Waals surface area contributed by atoms with E-state index in [2.05, 4.69) is 0 Å². The molecule has 0 aromatic carbocycles. The van der Waals surface area contributed by atoms with Crippen LogP contribution >= 0.6 is 0 Å². The molecule has 1 amide bonds. The molecule has 2 aliphatic rings. The summed E-state index contributed by atoms with van der Waals surface area (Å²) < 4.78 is 5.43. The quantitative estimate of drug-likeness (QED) is 0.772. The fourth-order valence-electron chi connectivity index (χ4n) is 2.65. The standard InChI is InChI=1S/C12H22N2O2/c13-6-3-10-4-7-14(8-5-10)12(15)11-2-1-9-16-11/h10-11H,1-9,13H2/t11-/m1/s1. The predicted molar refractivity (Wildman–Crippen MR) is 61.9 cm³/mol. The number of likely N-dealkylation sites (tertiary alicyclic amines) is 1. The smallest absolute Gasteiger partial charge is 0.251 e. The number of nitrogens with zero attached hydrogens (tertiary/aromatic N) is 1. The minimum Gasteiger partial charge on any atom is -0.368 e. The number of nitrogens with two attached hydrogens (primary N) is 1. The maximum absolute atomic E-state index is 12.0. The lowest BCUT2D eigenvalue weighted by atomic mass is 9.93. The van der Waals surface area contributed by atoms with Gasteiger partial charge in [-0.2, -0.15) is 0 Å². The monoisotopic (exact) mass is 226 g/mol. The van der Waals surface area contributed by atoms with Gasteiger partial charge >= 0.3 is 0 Å².